The number of methoxy groups -OCH3 is 1. The maximum atomic E-state index is 12.7. The molecular weight excluding hydrogens is 286 g/mol. The molecule has 2 fully saturated rings. The van der Waals surface area contributed by atoms with E-state index < -0.39 is 5.54 Å². The lowest BCUT2D eigenvalue weighted by molar-refractivity contribution is -0.152. The van der Waals surface area contributed by atoms with E-state index in [0.717, 1.165) is 12.8 Å². The van der Waals surface area contributed by atoms with Gasteiger partial charge in [0.2, 0.25) is 11.8 Å². The van der Waals surface area contributed by atoms with Gasteiger partial charge in [-0.2, -0.15) is 0 Å². The number of nitrogens with zero attached hydrogens (tertiary/aromatic N) is 2. The first-order chi connectivity index (χ1) is 10.6. The predicted octanol–water partition coefficient (Wildman–Crippen LogP) is -0.185. The Morgan fingerprint density at radius 1 is 1.32 bits per heavy atom. The molecule has 0 unspecified atom stereocenters. The van der Waals surface area contributed by atoms with Gasteiger partial charge in [-0.3, -0.25) is 14.4 Å². The van der Waals surface area contributed by atoms with Crippen molar-refractivity contribution in [2.75, 3.05) is 33.3 Å². The Labute approximate surface area is 130 Å². The lowest BCUT2D eigenvalue weighted by atomic mass is 9.83. The Morgan fingerprint density at radius 2 is 2.05 bits per heavy atom. The van der Waals surface area contributed by atoms with Gasteiger partial charge >= 0.3 is 5.97 Å². The van der Waals surface area contributed by atoms with Crippen molar-refractivity contribution in [3.05, 3.63) is 0 Å². The van der Waals surface area contributed by atoms with Crippen molar-refractivity contribution >= 4 is 17.8 Å². The van der Waals surface area contributed by atoms with E-state index in [9.17, 15) is 14.4 Å². The summed E-state index contributed by atoms with van der Waals surface area (Å²) in [6.07, 6.45) is 3.58. The fraction of sp³-hybridized carbons (Fsp3) is 0.800. The molecule has 22 heavy (non-hydrogen) atoms. The van der Waals surface area contributed by atoms with Crippen LogP contribution in [-0.4, -0.2) is 61.5 Å². The van der Waals surface area contributed by atoms with Gasteiger partial charge in [0.05, 0.1) is 13.5 Å². The molecule has 2 heterocycles. The summed E-state index contributed by atoms with van der Waals surface area (Å²) in [6, 6.07) is 0. The zero-order valence-electron chi connectivity index (χ0n) is 13.1. The molecule has 1 N–H and O–H groups in total. The molecule has 0 bridgehead atoms. The Balaban J connectivity index is 2.05. The molecule has 0 aliphatic carbocycles. The van der Waals surface area contributed by atoms with Gasteiger partial charge in [0.1, 0.15) is 5.54 Å². The normalized spacial score (nSPS) is 21.3. The number of carbonyl (C=O) groups excluding carboxylic acids is 3. The topological polar surface area (TPSA) is 89.8 Å². The smallest absolute Gasteiger partial charge is 0.307 e. The fourth-order valence-electron chi connectivity index (χ4n) is 3.19. The van der Waals surface area contributed by atoms with Crippen molar-refractivity contribution in [2.24, 2.45) is 0 Å². The fourth-order valence-corrected chi connectivity index (χ4v) is 3.19. The summed E-state index contributed by atoms with van der Waals surface area (Å²) in [5.74, 6) is -0.472. The summed E-state index contributed by atoms with van der Waals surface area (Å²) >= 11 is 0. The van der Waals surface area contributed by atoms with E-state index in [0.29, 0.717) is 38.9 Å². The van der Waals surface area contributed by atoms with Crippen molar-refractivity contribution in [1.82, 2.24) is 15.5 Å². The number of rotatable bonds is 5. The Bertz CT molecular complexity index is 433. The van der Waals surface area contributed by atoms with E-state index in [2.05, 4.69) is 15.4 Å². The summed E-state index contributed by atoms with van der Waals surface area (Å²) in [4.78, 5) is 37.9. The average molecular weight is 310 g/mol. The molecule has 0 atom stereocenters. The van der Waals surface area contributed by atoms with E-state index in [1.807, 2.05) is 0 Å². The molecule has 2 amide bonds. The standard InChI is InChI=1S/C15H24N3O4/c1-22-13(20)5-8-17-14(21)15(6-9-16-10-7-15)18-11-3-2-4-12(18)19/h2-11H2,1H3,(H,17,21). The van der Waals surface area contributed by atoms with Gasteiger partial charge in [0.15, 0.2) is 0 Å². The van der Waals surface area contributed by atoms with E-state index in [1.165, 1.54) is 7.11 Å². The van der Waals surface area contributed by atoms with Crippen LogP contribution < -0.4 is 10.6 Å². The van der Waals surface area contributed by atoms with Crippen molar-refractivity contribution in [2.45, 2.75) is 44.1 Å². The second kappa shape index (κ2) is 7.58. The number of ether oxygens (including phenoxy) is 1. The van der Waals surface area contributed by atoms with Gasteiger partial charge in [-0.05, 0) is 25.7 Å². The number of amides is 2. The van der Waals surface area contributed by atoms with Crippen molar-refractivity contribution in [1.29, 1.82) is 0 Å². The van der Waals surface area contributed by atoms with E-state index in [4.69, 9.17) is 0 Å². The second-order valence-corrected chi connectivity index (χ2v) is 5.79. The van der Waals surface area contributed by atoms with Gasteiger partial charge in [-0.1, -0.05) is 0 Å². The van der Waals surface area contributed by atoms with Gasteiger partial charge in [-0.25, -0.2) is 5.32 Å². The third kappa shape index (κ3) is 3.58. The molecule has 2 rings (SSSR count). The van der Waals surface area contributed by atoms with Gasteiger partial charge in [-0.15, -0.1) is 0 Å². The van der Waals surface area contributed by atoms with Gasteiger partial charge < -0.3 is 15.0 Å². The molecule has 0 aromatic carbocycles. The Kier molecular flexibility index (Phi) is 5.76. The summed E-state index contributed by atoms with van der Waals surface area (Å²) in [5, 5.41) is 7.11. The number of carbonyl (C=O) groups is 3. The van der Waals surface area contributed by atoms with Crippen LogP contribution in [0.4, 0.5) is 0 Å². The highest BCUT2D eigenvalue weighted by atomic mass is 16.5. The largest absolute Gasteiger partial charge is 0.469 e. The van der Waals surface area contributed by atoms with Crippen LogP contribution in [0.1, 0.15) is 38.5 Å². The molecule has 0 aromatic rings. The van der Waals surface area contributed by atoms with Crippen LogP contribution in [0.3, 0.4) is 0 Å². The molecule has 7 heteroatoms. The van der Waals surface area contributed by atoms with E-state index >= 15 is 0 Å². The van der Waals surface area contributed by atoms with Crippen LogP contribution in [0.15, 0.2) is 0 Å². The lowest BCUT2D eigenvalue weighted by Gasteiger charge is -2.46. The maximum Gasteiger partial charge on any atom is 0.307 e. The summed E-state index contributed by atoms with van der Waals surface area (Å²) in [7, 11) is 1.32. The van der Waals surface area contributed by atoms with E-state index in [-0.39, 0.29) is 30.7 Å². The minimum atomic E-state index is -0.796. The molecule has 2 aliphatic heterocycles. The number of piperidine rings is 2. The first-order valence-electron chi connectivity index (χ1n) is 7.89. The molecule has 1 radical (unpaired) electrons. The van der Waals surface area contributed by atoms with Crippen LogP contribution in [0, 0.1) is 0 Å². The monoisotopic (exact) mass is 310 g/mol. The number of nitrogens with one attached hydrogen (secondary N) is 1. The quantitative estimate of drug-likeness (QED) is 0.713. The molecule has 0 aromatic heterocycles. The summed E-state index contributed by atoms with van der Waals surface area (Å²) in [5.41, 5.74) is -0.796. The van der Waals surface area contributed by atoms with Crippen LogP contribution in [0.5, 0.6) is 0 Å². The number of esters is 1. The number of hydrogen-bond acceptors (Lipinski definition) is 4. The molecule has 2 saturated heterocycles. The lowest BCUT2D eigenvalue weighted by Crippen LogP contribution is -2.64. The first-order valence-corrected chi connectivity index (χ1v) is 7.89. The molecule has 7 nitrogen and oxygen atoms in total. The third-order valence-corrected chi connectivity index (χ3v) is 4.47. The highest BCUT2D eigenvalue weighted by Gasteiger charge is 2.47. The minimum Gasteiger partial charge on any atom is -0.469 e. The van der Waals surface area contributed by atoms with Crippen molar-refractivity contribution in [3.8, 4) is 0 Å². The van der Waals surface area contributed by atoms with Crippen LogP contribution in [-0.2, 0) is 19.1 Å². The zero-order valence-corrected chi connectivity index (χ0v) is 13.1. The SMILES string of the molecule is COC(=O)CCNC(=O)C1(N2CCCCC2=O)CC[N]CC1. The third-order valence-electron chi connectivity index (χ3n) is 4.47. The molecule has 0 saturated carbocycles. The molecular formula is C15H24N3O4. The molecule has 0 spiro atoms. The summed E-state index contributed by atoms with van der Waals surface area (Å²) < 4.78 is 4.57. The van der Waals surface area contributed by atoms with Gasteiger partial charge in [0.25, 0.3) is 0 Å². The molecule has 2 aliphatic rings. The predicted molar refractivity (Wildman–Crippen MR) is 79.0 cm³/mol. The Morgan fingerprint density at radius 3 is 2.68 bits per heavy atom. The van der Waals surface area contributed by atoms with Crippen LogP contribution in [0.25, 0.3) is 0 Å². The Hall–Kier alpha value is -1.63. The van der Waals surface area contributed by atoms with Gasteiger partial charge in [0, 0.05) is 32.6 Å². The highest BCUT2D eigenvalue weighted by molar-refractivity contribution is 5.92. The van der Waals surface area contributed by atoms with Crippen molar-refractivity contribution in [3.63, 3.8) is 0 Å². The van der Waals surface area contributed by atoms with E-state index in [1.54, 1.807) is 4.90 Å². The molecule has 123 valence electrons. The first kappa shape index (κ1) is 16.7. The summed E-state index contributed by atoms with van der Waals surface area (Å²) in [6.45, 7) is 2.04. The van der Waals surface area contributed by atoms with Crippen LogP contribution >= 0.6 is 0 Å². The highest BCUT2D eigenvalue weighted by Crippen LogP contribution is 2.30. The minimum absolute atomic E-state index is 0.0521. The maximum absolute atomic E-state index is 12.7. The average Bonchev–Trinajstić information content (AvgIpc) is 2.55. The number of likely N-dealkylation sites (tertiary alicyclic amines) is 1. The zero-order chi connectivity index (χ0) is 16.0. The second-order valence-electron chi connectivity index (χ2n) is 5.79. The van der Waals surface area contributed by atoms with Crippen LogP contribution in [0.2, 0.25) is 0 Å². The van der Waals surface area contributed by atoms with Crippen molar-refractivity contribution < 1.29 is 19.1 Å². The number of hydrogen-bond donors (Lipinski definition) is 1.